The fourth-order valence-corrected chi connectivity index (χ4v) is 3.82. The van der Waals surface area contributed by atoms with Crippen molar-refractivity contribution < 1.29 is 9.53 Å². The summed E-state index contributed by atoms with van der Waals surface area (Å²) in [5.41, 5.74) is 2.74. The molecule has 2 aromatic carbocycles. The maximum atomic E-state index is 12.9. The molecule has 30 heavy (non-hydrogen) atoms. The van der Waals surface area contributed by atoms with E-state index in [-0.39, 0.29) is 11.8 Å². The number of nitrogens with zero attached hydrogens (tertiary/aromatic N) is 3. The van der Waals surface area contributed by atoms with Crippen LogP contribution in [0.5, 0.6) is 11.6 Å². The van der Waals surface area contributed by atoms with E-state index in [0.29, 0.717) is 29.2 Å². The minimum atomic E-state index is 0.204. The molecule has 1 heterocycles. The highest BCUT2D eigenvalue weighted by Gasteiger charge is 2.41. The summed E-state index contributed by atoms with van der Waals surface area (Å²) in [6.07, 6.45) is 4.19. The molecule has 0 atom stereocenters. The zero-order valence-corrected chi connectivity index (χ0v) is 17.7. The second kappa shape index (κ2) is 7.80. The molecule has 2 fully saturated rings. The van der Waals surface area contributed by atoms with Crippen LogP contribution in [-0.2, 0) is 11.3 Å². The third-order valence-electron chi connectivity index (χ3n) is 5.69. The quantitative estimate of drug-likeness (QED) is 0.504. The van der Waals surface area contributed by atoms with E-state index in [0.717, 1.165) is 42.6 Å². The topological polar surface area (TPSA) is 47.4 Å². The average Bonchev–Trinajstić information content (AvgIpc) is 3.67. The molecule has 1 amide bonds. The Hall–Kier alpha value is -2.79. The standard InChI is InChI=1S/C24H24ClN3O2/c1-16-22(15-27(19-11-12-19)23(29)17-7-8-17)24(30-21-13-9-18(25)10-14-21)28(26-16)20-5-3-2-4-6-20/h2-6,9-10,13-14,17,19H,7-8,11-12,15H2,1H3. The van der Waals surface area contributed by atoms with E-state index in [4.69, 9.17) is 21.4 Å². The minimum Gasteiger partial charge on any atom is -0.439 e. The number of hydrogen-bond acceptors (Lipinski definition) is 3. The van der Waals surface area contributed by atoms with Gasteiger partial charge >= 0.3 is 0 Å². The lowest BCUT2D eigenvalue weighted by Crippen LogP contribution is -2.34. The van der Waals surface area contributed by atoms with Crippen molar-refractivity contribution in [2.24, 2.45) is 5.92 Å². The molecule has 2 saturated carbocycles. The van der Waals surface area contributed by atoms with Crippen LogP contribution in [-0.4, -0.2) is 26.6 Å². The summed E-state index contributed by atoms with van der Waals surface area (Å²) >= 11 is 6.04. The predicted molar refractivity (Wildman–Crippen MR) is 116 cm³/mol. The molecule has 5 rings (SSSR count). The van der Waals surface area contributed by atoms with Crippen LogP contribution in [0.3, 0.4) is 0 Å². The van der Waals surface area contributed by atoms with Crippen molar-refractivity contribution in [1.82, 2.24) is 14.7 Å². The minimum absolute atomic E-state index is 0.204. The third kappa shape index (κ3) is 3.94. The number of benzene rings is 2. The van der Waals surface area contributed by atoms with Gasteiger partial charge in [0, 0.05) is 17.0 Å². The van der Waals surface area contributed by atoms with Crippen molar-refractivity contribution in [1.29, 1.82) is 0 Å². The molecule has 0 radical (unpaired) electrons. The number of halogens is 1. The summed E-state index contributed by atoms with van der Waals surface area (Å²) in [5.74, 6) is 1.82. The summed E-state index contributed by atoms with van der Waals surface area (Å²) in [6.45, 7) is 2.51. The molecule has 5 nitrogen and oxygen atoms in total. The van der Waals surface area contributed by atoms with Gasteiger partial charge in [0.1, 0.15) is 5.75 Å². The molecule has 2 aliphatic rings. The summed E-state index contributed by atoms with van der Waals surface area (Å²) in [4.78, 5) is 15.0. The third-order valence-corrected chi connectivity index (χ3v) is 5.94. The van der Waals surface area contributed by atoms with Gasteiger partial charge in [-0.05, 0) is 69.0 Å². The normalized spacial score (nSPS) is 15.8. The van der Waals surface area contributed by atoms with Gasteiger partial charge in [-0.2, -0.15) is 5.10 Å². The van der Waals surface area contributed by atoms with E-state index in [9.17, 15) is 4.79 Å². The molecule has 154 valence electrons. The van der Waals surface area contributed by atoms with Crippen molar-refractivity contribution >= 4 is 17.5 Å². The number of carbonyl (C=O) groups is 1. The van der Waals surface area contributed by atoms with Crippen LogP contribution in [0, 0.1) is 12.8 Å². The molecule has 0 unspecified atom stereocenters. The van der Waals surface area contributed by atoms with Gasteiger partial charge in [0.05, 0.1) is 23.5 Å². The van der Waals surface area contributed by atoms with Crippen molar-refractivity contribution in [3.63, 3.8) is 0 Å². The van der Waals surface area contributed by atoms with Gasteiger partial charge < -0.3 is 9.64 Å². The van der Waals surface area contributed by atoms with E-state index in [1.165, 1.54) is 0 Å². The maximum absolute atomic E-state index is 12.9. The van der Waals surface area contributed by atoms with Crippen molar-refractivity contribution in [2.75, 3.05) is 0 Å². The first kappa shape index (κ1) is 19.2. The number of ether oxygens (including phenoxy) is 1. The number of rotatable bonds is 7. The Kier molecular flexibility index (Phi) is 4.99. The molecule has 6 heteroatoms. The SMILES string of the molecule is Cc1nn(-c2ccccc2)c(Oc2ccc(Cl)cc2)c1CN(C(=O)C1CC1)C1CC1. The highest BCUT2D eigenvalue weighted by atomic mass is 35.5. The molecule has 0 N–H and O–H groups in total. The molecular formula is C24H24ClN3O2. The van der Waals surface area contributed by atoms with Gasteiger partial charge in [-0.15, -0.1) is 0 Å². The molecule has 2 aliphatic carbocycles. The number of aromatic nitrogens is 2. The first-order valence-corrected chi connectivity index (χ1v) is 10.9. The van der Waals surface area contributed by atoms with Gasteiger partial charge in [-0.3, -0.25) is 4.79 Å². The molecule has 1 aromatic heterocycles. The van der Waals surface area contributed by atoms with Crippen LogP contribution in [0.1, 0.15) is 36.9 Å². The Morgan fingerprint density at radius 3 is 2.43 bits per heavy atom. The van der Waals surface area contributed by atoms with Crippen LogP contribution < -0.4 is 4.74 Å². The molecule has 0 spiro atoms. The summed E-state index contributed by atoms with van der Waals surface area (Å²) in [5, 5.41) is 5.43. The van der Waals surface area contributed by atoms with Gasteiger partial charge in [-0.25, -0.2) is 4.68 Å². The van der Waals surface area contributed by atoms with Gasteiger partial charge in [0.15, 0.2) is 0 Å². The Morgan fingerprint density at radius 1 is 1.10 bits per heavy atom. The van der Waals surface area contributed by atoms with E-state index < -0.39 is 0 Å². The average molecular weight is 422 g/mol. The van der Waals surface area contributed by atoms with Gasteiger partial charge in [0.2, 0.25) is 11.8 Å². The fourth-order valence-electron chi connectivity index (χ4n) is 3.69. The second-order valence-corrected chi connectivity index (χ2v) is 8.58. The number of amides is 1. The van der Waals surface area contributed by atoms with Crippen LogP contribution in [0.25, 0.3) is 5.69 Å². The molecular weight excluding hydrogens is 398 g/mol. The molecule has 3 aromatic rings. The maximum Gasteiger partial charge on any atom is 0.227 e. The highest BCUT2D eigenvalue weighted by molar-refractivity contribution is 6.30. The predicted octanol–water partition coefficient (Wildman–Crippen LogP) is 5.53. The van der Waals surface area contributed by atoms with Crippen LogP contribution in [0.4, 0.5) is 0 Å². The van der Waals surface area contributed by atoms with E-state index in [1.807, 2.05) is 59.0 Å². The van der Waals surface area contributed by atoms with Crippen LogP contribution in [0.2, 0.25) is 5.02 Å². The molecule has 0 aliphatic heterocycles. The van der Waals surface area contributed by atoms with Crippen LogP contribution in [0.15, 0.2) is 54.6 Å². The van der Waals surface area contributed by atoms with E-state index in [1.54, 1.807) is 12.1 Å². The summed E-state index contributed by atoms with van der Waals surface area (Å²) < 4.78 is 8.16. The lowest BCUT2D eigenvalue weighted by molar-refractivity contribution is -0.133. The van der Waals surface area contributed by atoms with Gasteiger partial charge in [0.25, 0.3) is 0 Å². The smallest absolute Gasteiger partial charge is 0.227 e. The summed E-state index contributed by atoms with van der Waals surface area (Å²) in [7, 11) is 0. The number of para-hydroxylation sites is 1. The first-order valence-electron chi connectivity index (χ1n) is 10.5. The van der Waals surface area contributed by atoms with Crippen molar-refractivity contribution in [3.8, 4) is 17.3 Å². The number of hydrogen-bond donors (Lipinski definition) is 0. The zero-order chi connectivity index (χ0) is 20.7. The lowest BCUT2D eigenvalue weighted by Gasteiger charge is -2.23. The Labute approximate surface area is 181 Å². The van der Waals surface area contributed by atoms with Gasteiger partial charge in [-0.1, -0.05) is 29.8 Å². The Balaban J connectivity index is 1.54. The fraction of sp³-hybridized carbons (Fsp3) is 0.333. The van der Waals surface area contributed by atoms with Crippen LogP contribution >= 0.6 is 11.6 Å². The monoisotopic (exact) mass is 421 g/mol. The van der Waals surface area contributed by atoms with Crippen molar-refractivity contribution in [3.05, 3.63) is 70.9 Å². The zero-order valence-electron chi connectivity index (χ0n) is 16.9. The second-order valence-electron chi connectivity index (χ2n) is 8.14. The Bertz CT molecular complexity index is 1050. The highest BCUT2D eigenvalue weighted by Crippen LogP contribution is 2.39. The number of carbonyl (C=O) groups excluding carboxylic acids is 1. The summed E-state index contributed by atoms with van der Waals surface area (Å²) in [6, 6.07) is 17.6. The first-order chi connectivity index (χ1) is 14.6. The lowest BCUT2D eigenvalue weighted by atomic mass is 10.2. The van der Waals surface area contributed by atoms with Crippen molar-refractivity contribution in [2.45, 2.75) is 45.2 Å². The molecule has 0 saturated heterocycles. The van der Waals surface area contributed by atoms with E-state index in [2.05, 4.69) is 0 Å². The Morgan fingerprint density at radius 2 is 1.80 bits per heavy atom. The molecule has 0 bridgehead atoms. The largest absolute Gasteiger partial charge is 0.439 e. The number of aryl methyl sites for hydroxylation is 1. The van der Waals surface area contributed by atoms with E-state index >= 15 is 0 Å².